The van der Waals surface area contributed by atoms with Crippen molar-refractivity contribution in [2.75, 3.05) is 0 Å². The molecule has 1 heterocycles. The molecule has 0 spiro atoms. The maximum absolute atomic E-state index is 6.22. The van der Waals surface area contributed by atoms with E-state index in [2.05, 4.69) is 83.7 Å². The Morgan fingerprint density at radius 1 is 1.03 bits per heavy atom. The Labute approximate surface area is 188 Å². The standard InChI is InChI=1S/C26H27N3OS/c1-5-13-29-25(20(4)30-23-15-18(2)14-19(3)16-23)27-28-26(29)31-17-22-11-8-10-21-9-6-7-12-24(21)22/h5-12,14-16,20H,1,13,17H2,2-4H3. The highest BCUT2D eigenvalue weighted by atomic mass is 32.2. The molecule has 5 heteroatoms. The van der Waals surface area contributed by atoms with E-state index in [1.807, 2.05) is 25.1 Å². The zero-order chi connectivity index (χ0) is 21.8. The Kier molecular flexibility index (Phi) is 6.42. The van der Waals surface area contributed by atoms with E-state index in [1.165, 1.54) is 27.5 Å². The first kappa shape index (κ1) is 21.2. The molecule has 0 radical (unpaired) electrons. The van der Waals surface area contributed by atoms with Crippen molar-refractivity contribution in [3.63, 3.8) is 0 Å². The van der Waals surface area contributed by atoms with E-state index < -0.39 is 0 Å². The number of benzene rings is 3. The summed E-state index contributed by atoms with van der Waals surface area (Å²) in [5.74, 6) is 2.48. The lowest BCUT2D eigenvalue weighted by atomic mass is 10.1. The monoisotopic (exact) mass is 429 g/mol. The minimum absolute atomic E-state index is 0.222. The summed E-state index contributed by atoms with van der Waals surface area (Å²) in [4.78, 5) is 0. The second-order valence-corrected chi connectivity index (χ2v) is 8.69. The lowest BCUT2D eigenvalue weighted by Gasteiger charge is -2.16. The van der Waals surface area contributed by atoms with Crippen LogP contribution in [0.1, 0.15) is 35.5 Å². The topological polar surface area (TPSA) is 39.9 Å². The van der Waals surface area contributed by atoms with E-state index in [1.54, 1.807) is 11.8 Å². The van der Waals surface area contributed by atoms with Crippen molar-refractivity contribution >= 4 is 22.5 Å². The quantitative estimate of drug-likeness (QED) is 0.232. The third kappa shape index (κ3) is 4.83. The number of thioether (sulfide) groups is 1. The molecule has 0 N–H and O–H groups in total. The van der Waals surface area contributed by atoms with Gasteiger partial charge in [-0.2, -0.15) is 0 Å². The number of ether oxygens (including phenoxy) is 1. The Balaban J connectivity index is 1.56. The molecule has 0 saturated carbocycles. The van der Waals surface area contributed by atoms with Gasteiger partial charge in [-0.1, -0.05) is 66.4 Å². The number of rotatable bonds is 8. The summed E-state index contributed by atoms with van der Waals surface area (Å²) in [6.45, 7) is 10.7. The lowest BCUT2D eigenvalue weighted by Crippen LogP contribution is -2.12. The molecule has 1 unspecified atom stereocenters. The second-order valence-electron chi connectivity index (χ2n) is 7.75. The van der Waals surface area contributed by atoms with Crippen LogP contribution in [-0.2, 0) is 12.3 Å². The van der Waals surface area contributed by atoms with Gasteiger partial charge in [-0.15, -0.1) is 16.8 Å². The van der Waals surface area contributed by atoms with E-state index in [0.29, 0.717) is 6.54 Å². The fraction of sp³-hybridized carbons (Fsp3) is 0.231. The van der Waals surface area contributed by atoms with Gasteiger partial charge in [0.25, 0.3) is 0 Å². The molecule has 31 heavy (non-hydrogen) atoms. The third-order valence-electron chi connectivity index (χ3n) is 5.17. The fourth-order valence-corrected chi connectivity index (χ4v) is 4.79. The Morgan fingerprint density at radius 2 is 1.77 bits per heavy atom. The van der Waals surface area contributed by atoms with Gasteiger partial charge in [0.15, 0.2) is 17.1 Å². The van der Waals surface area contributed by atoms with Crippen molar-refractivity contribution in [1.82, 2.24) is 14.8 Å². The van der Waals surface area contributed by atoms with Crippen molar-refractivity contribution in [3.8, 4) is 5.75 Å². The molecule has 0 fully saturated rings. The number of hydrogen-bond donors (Lipinski definition) is 0. The van der Waals surface area contributed by atoms with Gasteiger partial charge in [-0.05, 0) is 60.4 Å². The van der Waals surface area contributed by atoms with E-state index in [0.717, 1.165) is 22.5 Å². The van der Waals surface area contributed by atoms with Gasteiger partial charge in [0.05, 0.1) is 0 Å². The highest BCUT2D eigenvalue weighted by molar-refractivity contribution is 7.98. The maximum atomic E-state index is 6.22. The average molecular weight is 430 g/mol. The van der Waals surface area contributed by atoms with E-state index in [-0.39, 0.29) is 6.10 Å². The molecule has 4 rings (SSSR count). The van der Waals surface area contributed by atoms with Crippen LogP contribution in [0.5, 0.6) is 5.75 Å². The number of hydrogen-bond acceptors (Lipinski definition) is 4. The Hall–Kier alpha value is -3.05. The molecule has 4 aromatic rings. The Bertz CT molecular complexity index is 1190. The average Bonchev–Trinajstić information content (AvgIpc) is 3.14. The van der Waals surface area contributed by atoms with Crippen molar-refractivity contribution in [2.45, 2.75) is 44.3 Å². The van der Waals surface area contributed by atoms with Crippen LogP contribution in [0.2, 0.25) is 0 Å². The zero-order valence-corrected chi connectivity index (χ0v) is 19.0. The first-order valence-electron chi connectivity index (χ1n) is 10.4. The summed E-state index contributed by atoms with van der Waals surface area (Å²) in [6.07, 6.45) is 1.65. The largest absolute Gasteiger partial charge is 0.483 e. The molecule has 0 aliphatic heterocycles. The number of aryl methyl sites for hydroxylation is 2. The molecule has 0 aliphatic rings. The van der Waals surface area contributed by atoms with Crippen molar-refractivity contribution in [3.05, 3.63) is 95.8 Å². The lowest BCUT2D eigenvalue weighted by molar-refractivity contribution is 0.210. The molecule has 1 aromatic heterocycles. The summed E-state index contributed by atoms with van der Waals surface area (Å²) in [5, 5.41) is 12.4. The third-order valence-corrected chi connectivity index (χ3v) is 6.18. The van der Waals surface area contributed by atoms with Gasteiger partial charge in [0.1, 0.15) is 5.75 Å². The first-order chi connectivity index (χ1) is 15.0. The molecule has 1 atom stereocenters. The van der Waals surface area contributed by atoms with Gasteiger partial charge < -0.3 is 4.74 Å². The number of allylic oxidation sites excluding steroid dienone is 1. The van der Waals surface area contributed by atoms with Gasteiger partial charge in [0.2, 0.25) is 0 Å². The smallest absolute Gasteiger partial charge is 0.191 e. The maximum Gasteiger partial charge on any atom is 0.191 e. The predicted octanol–water partition coefficient (Wildman–Crippen LogP) is 6.67. The molecule has 158 valence electrons. The van der Waals surface area contributed by atoms with Crippen molar-refractivity contribution < 1.29 is 4.74 Å². The summed E-state index contributed by atoms with van der Waals surface area (Å²) in [7, 11) is 0. The van der Waals surface area contributed by atoms with Crippen LogP contribution >= 0.6 is 11.8 Å². The van der Waals surface area contributed by atoms with Crippen LogP contribution in [0.15, 0.2) is 78.5 Å². The number of aromatic nitrogens is 3. The molecular formula is C26H27N3OS. The van der Waals surface area contributed by atoms with E-state index in [4.69, 9.17) is 4.74 Å². The summed E-state index contributed by atoms with van der Waals surface area (Å²) >= 11 is 1.69. The molecule has 0 saturated heterocycles. The van der Waals surface area contributed by atoms with Crippen molar-refractivity contribution in [2.24, 2.45) is 0 Å². The first-order valence-corrected chi connectivity index (χ1v) is 11.4. The second kappa shape index (κ2) is 9.40. The molecule has 0 amide bonds. The molecule has 4 nitrogen and oxygen atoms in total. The van der Waals surface area contributed by atoms with Gasteiger partial charge in [-0.3, -0.25) is 4.57 Å². The molecular weight excluding hydrogens is 402 g/mol. The molecule has 3 aromatic carbocycles. The fourth-order valence-electron chi connectivity index (χ4n) is 3.83. The van der Waals surface area contributed by atoms with Crippen LogP contribution < -0.4 is 4.74 Å². The SMILES string of the molecule is C=CCn1c(SCc2cccc3ccccc23)nnc1C(C)Oc1cc(C)cc(C)c1. The summed E-state index contributed by atoms with van der Waals surface area (Å²) < 4.78 is 8.31. The molecule has 0 bridgehead atoms. The van der Waals surface area contributed by atoms with Crippen LogP contribution in [0.4, 0.5) is 0 Å². The minimum atomic E-state index is -0.222. The van der Waals surface area contributed by atoms with Crippen LogP contribution in [-0.4, -0.2) is 14.8 Å². The van der Waals surface area contributed by atoms with Crippen LogP contribution in [0.25, 0.3) is 10.8 Å². The van der Waals surface area contributed by atoms with E-state index in [9.17, 15) is 0 Å². The van der Waals surface area contributed by atoms with Crippen LogP contribution in [0, 0.1) is 13.8 Å². The number of nitrogens with zero attached hydrogens (tertiary/aromatic N) is 3. The number of fused-ring (bicyclic) bond motifs is 1. The normalized spacial score (nSPS) is 12.1. The minimum Gasteiger partial charge on any atom is -0.483 e. The summed E-state index contributed by atoms with van der Waals surface area (Å²) in [5.41, 5.74) is 3.65. The Morgan fingerprint density at radius 3 is 2.55 bits per heavy atom. The van der Waals surface area contributed by atoms with E-state index >= 15 is 0 Å². The highest BCUT2D eigenvalue weighted by Gasteiger charge is 2.19. The zero-order valence-electron chi connectivity index (χ0n) is 18.2. The highest BCUT2D eigenvalue weighted by Crippen LogP contribution is 2.29. The van der Waals surface area contributed by atoms with Gasteiger partial charge in [0, 0.05) is 12.3 Å². The molecule has 0 aliphatic carbocycles. The van der Waals surface area contributed by atoms with Crippen LogP contribution in [0.3, 0.4) is 0 Å². The van der Waals surface area contributed by atoms with Gasteiger partial charge in [-0.25, -0.2) is 0 Å². The van der Waals surface area contributed by atoms with Crippen molar-refractivity contribution in [1.29, 1.82) is 0 Å². The predicted molar refractivity (Wildman–Crippen MR) is 129 cm³/mol. The van der Waals surface area contributed by atoms with Gasteiger partial charge >= 0.3 is 0 Å². The summed E-state index contributed by atoms with van der Waals surface area (Å²) in [6, 6.07) is 21.1.